The summed E-state index contributed by atoms with van der Waals surface area (Å²) in [6.07, 6.45) is -18.2. The highest BCUT2D eigenvalue weighted by Gasteiger charge is 2.52. The number of rotatable bonds is 2. The number of alkyl halides is 3. The number of carbonyl (C=O) groups excluding carboxylic acids is 2. The van der Waals surface area contributed by atoms with Crippen LogP contribution in [0.15, 0.2) is 18.2 Å². The number of halogens is 5. The summed E-state index contributed by atoms with van der Waals surface area (Å²) >= 11 is 0. The molecule has 1 aliphatic heterocycles. The van der Waals surface area contributed by atoms with E-state index in [1.807, 2.05) is 0 Å². The second kappa shape index (κ2) is 7.41. The fourth-order valence-corrected chi connectivity index (χ4v) is 2.18. The lowest BCUT2D eigenvalue weighted by Crippen LogP contribution is -2.53. The van der Waals surface area contributed by atoms with Gasteiger partial charge in [-0.2, -0.15) is 13.2 Å². The monoisotopic (exact) mass is 399 g/mol. The van der Waals surface area contributed by atoms with Crippen LogP contribution in [0.2, 0.25) is 1.41 Å². The topological polar surface area (TPSA) is 64.6 Å². The molecule has 5 nitrogen and oxygen atoms in total. The number of nitrogens with one attached hydrogen (secondary N) is 1. The second-order valence-electron chi connectivity index (χ2n) is 6.56. The molecule has 27 heavy (non-hydrogen) atoms. The minimum absolute atomic E-state index is 0.311. The van der Waals surface area contributed by atoms with Gasteiger partial charge in [-0.15, -0.1) is 0 Å². The van der Waals surface area contributed by atoms with Crippen LogP contribution in [0.5, 0.6) is 0 Å². The van der Waals surface area contributed by atoms with Crippen molar-refractivity contribution < 1.29 is 46.5 Å². The molecule has 1 unspecified atom stereocenters. The van der Waals surface area contributed by atoms with E-state index in [0.29, 0.717) is 18.2 Å². The number of carbonyl (C=O) groups is 2. The molecule has 1 aromatic rings. The Morgan fingerprint density at radius 2 is 2.00 bits per heavy atom. The predicted molar refractivity (Wildman–Crippen MR) is 82.8 cm³/mol. The van der Waals surface area contributed by atoms with Crippen LogP contribution in [0.3, 0.4) is 0 Å². The van der Waals surface area contributed by atoms with Crippen molar-refractivity contribution in [2.75, 3.05) is 0 Å². The number of alkyl carbamates (subject to hydrolysis) is 1. The van der Waals surface area contributed by atoms with Crippen molar-refractivity contribution >= 4 is 11.9 Å². The van der Waals surface area contributed by atoms with Crippen molar-refractivity contribution in [1.29, 1.82) is 0 Å². The third-order valence-electron chi connectivity index (χ3n) is 3.18. The SMILES string of the molecule is [2H]N(C(=O)OC(C)(C)C)[C@@H]1[C@@H](c2cc(F)ccc2F)OC([2H])(C(F)(F)F)C(=O)C1([2H])[2H]. The van der Waals surface area contributed by atoms with Gasteiger partial charge in [0.15, 0.2) is 7.20 Å². The Bertz CT molecular complexity index is 892. The number of hydrogen-bond donors (Lipinski definition) is 1. The Morgan fingerprint density at radius 1 is 1.37 bits per heavy atom. The molecule has 0 bridgehead atoms. The van der Waals surface area contributed by atoms with Gasteiger partial charge in [-0.1, -0.05) is 0 Å². The first-order valence-electron chi connectivity index (χ1n) is 9.53. The summed E-state index contributed by atoms with van der Waals surface area (Å²) in [5, 5.41) is -0.311. The quantitative estimate of drug-likeness (QED) is 0.768. The number of ketones is 1. The van der Waals surface area contributed by atoms with E-state index in [4.69, 9.17) is 10.3 Å². The largest absolute Gasteiger partial charge is 0.444 e. The minimum Gasteiger partial charge on any atom is -0.444 e. The van der Waals surface area contributed by atoms with E-state index in [1.54, 1.807) is 0 Å². The van der Waals surface area contributed by atoms with Gasteiger partial charge < -0.3 is 14.8 Å². The highest BCUT2D eigenvalue weighted by Crippen LogP contribution is 2.38. The summed E-state index contributed by atoms with van der Waals surface area (Å²) in [4.78, 5) is 24.6. The van der Waals surface area contributed by atoms with Crippen LogP contribution < -0.4 is 5.31 Å². The third kappa shape index (κ3) is 5.38. The van der Waals surface area contributed by atoms with Crippen molar-refractivity contribution in [3.8, 4) is 0 Å². The number of Topliss-reactive ketones (excluding diaryl/α,β-unsaturated/α-hetero) is 1. The summed E-state index contributed by atoms with van der Waals surface area (Å²) in [5.74, 6) is -5.00. The summed E-state index contributed by atoms with van der Waals surface area (Å²) in [7, 11) is 0. The van der Waals surface area contributed by atoms with Crippen LogP contribution in [0.25, 0.3) is 0 Å². The lowest BCUT2D eigenvalue weighted by Gasteiger charge is -2.37. The molecule has 0 spiro atoms. The molecule has 1 aliphatic rings. The van der Waals surface area contributed by atoms with Gasteiger partial charge in [0.2, 0.25) is 6.08 Å². The summed E-state index contributed by atoms with van der Waals surface area (Å²) < 4.78 is 109. The molecule has 150 valence electrons. The molecular weight excluding hydrogens is 377 g/mol. The number of benzene rings is 1. The molecule has 1 N–H and O–H groups in total. The molecule has 3 atom stereocenters. The van der Waals surface area contributed by atoms with Crippen molar-refractivity contribution in [2.45, 2.75) is 57.1 Å². The molecule has 2 rings (SSSR count). The number of hydrogen-bond acceptors (Lipinski definition) is 4. The van der Waals surface area contributed by atoms with Gasteiger partial charge in [-0.05, 0) is 39.0 Å². The summed E-state index contributed by atoms with van der Waals surface area (Å²) in [5.41, 5.74) is -2.25. The molecule has 1 saturated heterocycles. The van der Waals surface area contributed by atoms with Crippen molar-refractivity contribution in [3.63, 3.8) is 0 Å². The van der Waals surface area contributed by atoms with E-state index in [1.165, 1.54) is 20.8 Å². The molecule has 1 amide bonds. The van der Waals surface area contributed by atoms with Gasteiger partial charge in [0.05, 0.1) is 7.41 Å². The van der Waals surface area contributed by atoms with Crippen LogP contribution in [-0.4, -0.2) is 35.8 Å². The highest BCUT2D eigenvalue weighted by molar-refractivity contribution is 5.86. The molecule has 0 aliphatic carbocycles. The first kappa shape index (κ1) is 15.8. The van der Waals surface area contributed by atoms with E-state index in [0.717, 1.165) is 0 Å². The Labute approximate surface area is 157 Å². The Morgan fingerprint density at radius 3 is 2.56 bits per heavy atom. The summed E-state index contributed by atoms with van der Waals surface area (Å²) in [6.45, 7) is 4.12. The zero-order valence-electron chi connectivity index (χ0n) is 18.4. The molecular formula is C17H18F5NO4. The maximum absolute atomic E-state index is 14.4. The van der Waals surface area contributed by atoms with E-state index < -0.39 is 65.5 Å². The van der Waals surface area contributed by atoms with Crippen LogP contribution in [0, 0.1) is 11.6 Å². The Hall–Kier alpha value is -2.23. The van der Waals surface area contributed by atoms with Crippen LogP contribution in [0.4, 0.5) is 26.7 Å². The zero-order valence-corrected chi connectivity index (χ0v) is 14.4. The lowest BCUT2D eigenvalue weighted by molar-refractivity contribution is -0.239. The predicted octanol–water partition coefficient (Wildman–Crippen LogP) is 3.82. The number of ether oxygens (including phenoxy) is 2. The van der Waals surface area contributed by atoms with Crippen molar-refractivity contribution in [2.24, 2.45) is 0 Å². The smallest absolute Gasteiger partial charge is 0.421 e. The molecule has 1 aromatic carbocycles. The molecule has 1 heterocycles. The molecule has 1 fully saturated rings. The van der Waals surface area contributed by atoms with Crippen molar-refractivity contribution in [3.05, 3.63) is 35.4 Å². The van der Waals surface area contributed by atoms with Gasteiger partial charge in [0.25, 0.3) is 0 Å². The fraction of sp³-hybridized carbons (Fsp3) is 0.529. The van der Waals surface area contributed by atoms with Gasteiger partial charge in [0, 0.05) is 14.7 Å². The molecule has 0 radical (unpaired) electrons. The second-order valence-corrected chi connectivity index (χ2v) is 6.56. The average Bonchev–Trinajstić information content (AvgIpc) is 2.58. The van der Waals surface area contributed by atoms with Gasteiger partial charge >= 0.3 is 12.3 Å². The molecule has 10 heteroatoms. The average molecular weight is 399 g/mol. The molecule has 0 saturated carbocycles. The van der Waals surface area contributed by atoms with Gasteiger partial charge in [-0.3, -0.25) is 4.79 Å². The lowest BCUT2D eigenvalue weighted by atomic mass is 9.92. The zero-order chi connectivity index (χ0) is 24.2. The summed E-state index contributed by atoms with van der Waals surface area (Å²) in [6, 6.07) is -1.08. The first-order valence-corrected chi connectivity index (χ1v) is 7.58. The van der Waals surface area contributed by atoms with Crippen LogP contribution in [-0.2, 0) is 14.3 Å². The van der Waals surface area contributed by atoms with Gasteiger partial charge in [0.1, 0.15) is 23.3 Å². The Balaban J connectivity index is 2.71. The first-order chi connectivity index (χ1) is 13.8. The van der Waals surface area contributed by atoms with Crippen LogP contribution >= 0.6 is 0 Å². The minimum atomic E-state index is -5.77. The third-order valence-corrected chi connectivity index (χ3v) is 3.18. The van der Waals surface area contributed by atoms with E-state index >= 15 is 0 Å². The number of amides is 1. The van der Waals surface area contributed by atoms with E-state index in [-0.39, 0.29) is 5.31 Å². The molecule has 0 aromatic heterocycles. The van der Waals surface area contributed by atoms with Gasteiger partial charge in [-0.25, -0.2) is 13.6 Å². The Kier molecular flexibility index (Phi) is 4.34. The maximum Gasteiger partial charge on any atom is 0.421 e. The van der Waals surface area contributed by atoms with E-state index in [2.05, 4.69) is 4.74 Å². The van der Waals surface area contributed by atoms with E-state index in [9.17, 15) is 31.5 Å². The maximum atomic E-state index is 14.4. The van der Waals surface area contributed by atoms with Crippen molar-refractivity contribution in [1.82, 2.24) is 5.31 Å². The van der Waals surface area contributed by atoms with Crippen LogP contribution in [0.1, 0.15) is 42.9 Å². The highest BCUT2D eigenvalue weighted by atomic mass is 19.4. The normalized spacial score (nSPS) is 30.6. The fourth-order valence-electron chi connectivity index (χ4n) is 2.18. The standard InChI is InChI=1S/C17H18F5NO4/c1-16(2,3)27-15(25)23-11-7-12(24)14(17(20,21)22)26-13(11)9-6-8(18)4-5-10(9)19/h4-6,11,13-14H,7H2,1-3H3,(H,23,25)/t11-,13+,14?/m0/s1/i7D2,14D/hD.